The number of anilines is 1. The van der Waals surface area contributed by atoms with Crippen molar-refractivity contribution in [1.29, 1.82) is 0 Å². The lowest BCUT2D eigenvalue weighted by Crippen LogP contribution is -2.39. The smallest absolute Gasteiger partial charge is 0.243 e. The Morgan fingerprint density at radius 3 is 2.60 bits per heavy atom. The van der Waals surface area contributed by atoms with E-state index in [1.807, 2.05) is 0 Å². The number of hydrogen-bond acceptors (Lipinski definition) is 4. The molecule has 2 N–H and O–H groups in total. The van der Waals surface area contributed by atoms with Crippen LogP contribution < -0.4 is 5.73 Å². The van der Waals surface area contributed by atoms with Gasteiger partial charge in [-0.25, -0.2) is 8.42 Å². The van der Waals surface area contributed by atoms with Gasteiger partial charge in [0.25, 0.3) is 0 Å². The first kappa shape index (κ1) is 15.3. The number of ether oxygens (including phenoxy) is 1. The lowest BCUT2D eigenvalue weighted by Gasteiger charge is -2.31. The standard InChI is InChI=1S/C14H22N2O3S/c1-11-3-4-13(15)9-14(11)20(17,18)16-7-5-12(6-8-16)10-19-2/h3-4,9,12H,5-8,10,15H2,1-2H3. The van der Waals surface area contributed by atoms with E-state index in [9.17, 15) is 8.42 Å². The Morgan fingerprint density at radius 2 is 2.00 bits per heavy atom. The Kier molecular flexibility index (Phi) is 4.67. The van der Waals surface area contributed by atoms with Crippen LogP contribution in [0.5, 0.6) is 0 Å². The van der Waals surface area contributed by atoms with Crippen molar-refractivity contribution in [3.05, 3.63) is 23.8 Å². The molecule has 6 heteroatoms. The fourth-order valence-electron chi connectivity index (χ4n) is 2.59. The number of hydrogen-bond donors (Lipinski definition) is 1. The second-order valence-corrected chi connectivity index (χ2v) is 7.23. The number of methoxy groups -OCH3 is 1. The molecule has 1 fully saturated rings. The summed E-state index contributed by atoms with van der Waals surface area (Å²) in [5, 5.41) is 0. The van der Waals surface area contributed by atoms with Gasteiger partial charge in [0.05, 0.1) is 4.90 Å². The van der Waals surface area contributed by atoms with Crippen LogP contribution in [0.2, 0.25) is 0 Å². The third-order valence-corrected chi connectivity index (χ3v) is 5.85. The number of sulfonamides is 1. The van der Waals surface area contributed by atoms with Gasteiger partial charge in [0.15, 0.2) is 0 Å². The first-order valence-electron chi connectivity index (χ1n) is 6.80. The van der Waals surface area contributed by atoms with Crippen molar-refractivity contribution in [1.82, 2.24) is 4.31 Å². The van der Waals surface area contributed by atoms with Gasteiger partial charge in [-0.2, -0.15) is 4.31 Å². The van der Waals surface area contributed by atoms with Crippen LogP contribution in [0.15, 0.2) is 23.1 Å². The van der Waals surface area contributed by atoms with E-state index in [0.717, 1.165) is 18.4 Å². The van der Waals surface area contributed by atoms with Gasteiger partial charge in [-0.15, -0.1) is 0 Å². The first-order chi connectivity index (χ1) is 9.45. The summed E-state index contributed by atoms with van der Waals surface area (Å²) >= 11 is 0. The largest absolute Gasteiger partial charge is 0.399 e. The van der Waals surface area contributed by atoms with Gasteiger partial charge in [0.1, 0.15) is 0 Å². The molecule has 0 radical (unpaired) electrons. The van der Waals surface area contributed by atoms with E-state index >= 15 is 0 Å². The molecule has 1 heterocycles. The minimum atomic E-state index is -3.44. The van der Waals surface area contributed by atoms with Gasteiger partial charge >= 0.3 is 0 Å². The van der Waals surface area contributed by atoms with Crippen LogP contribution in [0.1, 0.15) is 18.4 Å². The van der Waals surface area contributed by atoms with Crippen molar-refractivity contribution in [2.24, 2.45) is 5.92 Å². The predicted molar refractivity (Wildman–Crippen MR) is 79.0 cm³/mol. The van der Waals surface area contributed by atoms with Crippen LogP contribution in [0, 0.1) is 12.8 Å². The lowest BCUT2D eigenvalue weighted by atomic mass is 9.99. The maximum Gasteiger partial charge on any atom is 0.243 e. The second kappa shape index (κ2) is 6.11. The summed E-state index contributed by atoms with van der Waals surface area (Å²) in [5.74, 6) is 0.452. The zero-order valence-electron chi connectivity index (χ0n) is 12.0. The molecule has 1 aromatic carbocycles. The molecule has 0 atom stereocenters. The van der Waals surface area contributed by atoms with E-state index in [-0.39, 0.29) is 0 Å². The highest BCUT2D eigenvalue weighted by molar-refractivity contribution is 7.89. The minimum absolute atomic E-state index is 0.322. The minimum Gasteiger partial charge on any atom is -0.399 e. The quantitative estimate of drug-likeness (QED) is 0.857. The number of piperidine rings is 1. The topological polar surface area (TPSA) is 72.6 Å². The first-order valence-corrected chi connectivity index (χ1v) is 8.24. The molecule has 2 rings (SSSR count). The van der Waals surface area contributed by atoms with Gasteiger partial charge in [-0.05, 0) is 43.4 Å². The number of rotatable bonds is 4. The number of nitrogens with zero attached hydrogens (tertiary/aromatic N) is 1. The van der Waals surface area contributed by atoms with Gasteiger partial charge in [0.2, 0.25) is 10.0 Å². The zero-order valence-corrected chi connectivity index (χ0v) is 12.8. The van der Waals surface area contributed by atoms with E-state index in [1.54, 1.807) is 36.5 Å². The SMILES string of the molecule is COCC1CCN(S(=O)(=O)c2cc(N)ccc2C)CC1. The van der Waals surface area contributed by atoms with Crippen molar-refractivity contribution in [2.75, 3.05) is 32.5 Å². The average molecular weight is 298 g/mol. The summed E-state index contributed by atoms with van der Waals surface area (Å²) in [6.45, 7) is 3.59. The summed E-state index contributed by atoms with van der Waals surface area (Å²) in [7, 11) is -1.76. The van der Waals surface area contributed by atoms with E-state index in [2.05, 4.69) is 0 Å². The van der Waals surface area contributed by atoms with Crippen LogP contribution in [-0.4, -0.2) is 39.5 Å². The lowest BCUT2D eigenvalue weighted by molar-refractivity contribution is 0.121. The third-order valence-electron chi connectivity index (χ3n) is 3.81. The molecule has 1 aromatic rings. The Labute approximate surface area is 120 Å². The number of aryl methyl sites for hydroxylation is 1. The Hall–Kier alpha value is -1.11. The van der Waals surface area contributed by atoms with Crippen molar-refractivity contribution >= 4 is 15.7 Å². The van der Waals surface area contributed by atoms with Gasteiger partial charge in [-0.1, -0.05) is 6.07 Å². The van der Waals surface area contributed by atoms with Crippen LogP contribution >= 0.6 is 0 Å². The molecule has 20 heavy (non-hydrogen) atoms. The predicted octanol–water partition coefficient (Wildman–Crippen LogP) is 1.62. The summed E-state index contributed by atoms with van der Waals surface area (Å²) in [6, 6.07) is 5.02. The molecule has 1 saturated heterocycles. The molecular formula is C14H22N2O3S. The molecule has 5 nitrogen and oxygen atoms in total. The number of benzene rings is 1. The van der Waals surface area contributed by atoms with E-state index in [1.165, 1.54) is 0 Å². The summed E-state index contributed by atoms with van der Waals surface area (Å²) in [6.07, 6.45) is 1.68. The summed E-state index contributed by atoms with van der Waals surface area (Å²) < 4.78 is 32.0. The maximum absolute atomic E-state index is 12.7. The number of nitrogens with two attached hydrogens (primary N) is 1. The average Bonchev–Trinajstić information content (AvgIpc) is 2.42. The highest BCUT2D eigenvalue weighted by Crippen LogP contribution is 2.26. The normalized spacial score (nSPS) is 18.3. The Morgan fingerprint density at radius 1 is 1.35 bits per heavy atom. The molecule has 112 valence electrons. The molecule has 0 spiro atoms. The number of nitrogen functional groups attached to an aromatic ring is 1. The van der Waals surface area contributed by atoms with Gasteiger partial charge < -0.3 is 10.5 Å². The molecule has 0 amide bonds. The molecule has 0 saturated carbocycles. The molecule has 0 aromatic heterocycles. The van der Waals surface area contributed by atoms with E-state index < -0.39 is 10.0 Å². The summed E-state index contributed by atoms with van der Waals surface area (Å²) in [4.78, 5) is 0.322. The molecule has 0 unspecified atom stereocenters. The van der Waals surface area contributed by atoms with Crippen molar-refractivity contribution in [2.45, 2.75) is 24.7 Å². The van der Waals surface area contributed by atoms with Gasteiger partial charge in [0, 0.05) is 32.5 Å². The van der Waals surface area contributed by atoms with Crippen molar-refractivity contribution in [3.8, 4) is 0 Å². The van der Waals surface area contributed by atoms with Crippen LogP contribution in [-0.2, 0) is 14.8 Å². The Balaban J connectivity index is 2.18. The molecular weight excluding hydrogens is 276 g/mol. The van der Waals surface area contributed by atoms with E-state index in [0.29, 0.717) is 36.2 Å². The molecule has 1 aliphatic rings. The monoisotopic (exact) mass is 298 g/mol. The summed E-state index contributed by atoms with van der Waals surface area (Å²) in [5.41, 5.74) is 6.93. The highest BCUT2D eigenvalue weighted by atomic mass is 32.2. The van der Waals surface area contributed by atoms with Crippen LogP contribution in [0.4, 0.5) is 5.69 Å². The zero-order chi connectivity index (χ0) is 14.8. The Bertz CT molecular complexity index is 564. The van der Waals surface area contributed by atoms with Gasteiger partial charge in [-0.3, -0.25) is 0 Å². The van der Waals surface area contributed by atoms with Crippen molar-refractivity contribution in [3.63, 3.8) is 0 Å². The van der Waals surface area contributed by atoms with Crippen LogP contribution in [0.25, 0.3) is 0 Å². The second-order valence-electron chi connectivity index (χ2n) is 5.33. The fraction of sp³-hybridized carbons (Fsp3) is 0.571. The maximum atomic E-state index is 12.7. The van der Waals surface area contributed by atoms with Crippen LogP contribution in [0.3, 0.4) is 0 Å². The fourth-order valence-corrected chi connectivity index (χ4v) is 4.32. The highest BCUT2D eigenvalue weighted by Gasteiger charge is 2.30. The molecule has 0 bridgehead atoms. The van der Waals surface area contributed by atoms with Crippen molar-refractivity contribution < 1.29 is 13.2 Å². The molecule has 1 aliphatic heterocycles. The van der Waals surface area contributed by atoms with E-state index in [4.69, 9.17) is 10.5 Å². The third kappa shape index (κ3) is 3.13. The molecule has 0 aliphatic carbocycles.